The molecule has 3 aromatic heterocycles. The van der Waals surface area contributed by atoms with Gasteiger partial charge < -0.3 is 24.5 Å². The van der Waals surface area contributed by atoms with Crippen molar-refractivity contribution in [1.29, 1.82) is 0 Å². The normalized spacial score (nSPS) is 18.1. The lowest BCUT2D eigenvalue weighted by molar-refractivity contribution is -0.134. The average molecular weight is 986 g/mol. The van der Waals surface area contributed by atoms with Gasteiger partial charge in [-0.25, -0.2) is 14.8 Å². The summed E-state index contributed by atoms with van der Waals surface area (Å²) in [5.41, 5.74) is 8.48. The highest BCUT2D eigenvalue weighted by Crippen LogP contribution is 2.37. The Bertz CT molecular complexity index is 3190. The number of carboxylic acid groups (broad SMARTS) is 1. The first-order valence-corrected chi connectivity index (χ1v) is 26.1. The zero-order valence-electron chi connectivity index (χ0n) is 40.7. The van der Waals surface area contributed by atoms with Crippen molar-refractivity contribution in [3.63, 3.8) is 0 Å². The molecule has 0 bridgehead atoms. The summed E-state index contributed by atoms with van der Waals surface area (Å²) < 4.78 is 9.30. The van der Waals surface area contributed by atoms with Crippen LogP contribution in [0.25, 0.3) is 32.2 Å². The van der Waals surface area contributed by atoms with E-state index in [0.717, 1.165) is 120 Å². The summed E-state index contributed by atoms with van der Waals surface area (Å²) in [4.78, 5) is 67.4. The van der Waals surface area contributed by atoms with Crippen LogP contribution in [0.2, 0.25) is 0 Å². The van der Waals surface area contributed by atoms with E-state index < -0.39 is 11.9 Å². The summed E-state index contributed by atoms with van der Waals surface area (Å²) in [5, 5.41) is 22.2. The van der Waals surface area contributed by atoms with Crippen molar-refractivity contribution in [3.8, 4) is 16.9 Å². The van der Waals surface area contributed by atoms with E-state index in [1.54, 1.807) is 0 Å². The minimum Gasteiger partial charge on any atom is -0.493 e. The number of nitrogens with zero attached hydrogens (tertiary/aromatic N) is 7. The van der Waals surface area contributed by atoms with Crippen LogP contribution in [-0.4, -0.2) is 99.3 Å². The van der Waals surface area contributed by atoms with Gasteiger partial charge in [-0.05, 0) is 154 Å². The van der Waals surface area contributed by atoms with E-state index in [9.17, 15) is 24.3 Å². The summed E-state index contributed by atoms with van der Waals surface area (Å²) in [6.07, 6.45) is 7.06. The highest BCUT2D eigenvalue weighted by molar-refractivity contribution is 7.22. The number of ether oxygens (including phenoxy) is 1. The third-order valence-electron chi connectivity index (χ3n) is 15.4. The number of likely N-dealkylation sites (tertiary alicyclic amines) is 1. The van der Waals surface area contributed by atoms with Crippen LogP contribution >= 0.6 is 11.3 Å². The number of piperidine rings is 3. The number of thiazole rings is 1. The molecule has 0 spiro atoms. The number of benzene rings is 4. The van der Waals surface area contributed by atoms with Gasteiger partial charge in [-0.3, -0.25) is 29.7 Å². The van der Waals surface area contributed by atoms with Crippen LogP contribution in [-0.2, 0) is 29.6 Å². The molecule has 7 heterocycles. The summed E-state index contributed by atoms with van der Waals surface area (Å²) in [6.45, 7) is 8.96. The van der Waals surface area contributed by atoms with Gasteiger partial charge in [0.25, 0.3) is 5.91 Å². The smallest absolute Gasteiger partial charge is 0.355 e. The Hall–Kier alpha value is -7.17. The van der Waals surface area contributed by atoms with Gasteiger partial charge in [0.1, 0.15) is 11.6 Å². The Labute approximate surface area is 422 Å². The number of anilines is 3. The van der Waals surface area contributed by atoms with Gasteiger partial charge in [0.05, 0.1) is 34.0 Å². The summed E-state index contributed by atoms with van der Waals surface area (Å²) in [7, 11) is 1.92. The maximum absolute atomic E-state index is 13.7. The summed E-state index contributed by atoms with van der Waals surface area (Å²) in [6, 6.07) is 29.6. The number of carbonyl (C=O) groups is 4. The Balaban J connectivity index is 0.662. The minimum absolute atomic E-state index is 0.0242. The number of fused-ring (bicyclic) bond motifs is 3. The van der Waals surface area contributed by atoms with Gasteiger partial charge in [-0.2, -0.15) is 5.10 Å². The average Bonchev–Trinajstić information content (AvgIpc) is 3.96. The van der Waals surface area contributed by atoms with E-state index in [2.05, 4.69) is 43.6 Å². The SMILES string of the molecule is Cc1c(OCCC2CCN(CC3CCN(c4ccc5c(C6CCC(=O)NC6=O)nn(C)c5c4)CC3)CC2)cccc1-c1ccc(N2CCc3cccc(C(=O)Nc4nc5ccccc5s4)c3C2)nc1C(=O)O. The lowest BCUT2D eigenvalue weighted by Crippen LogP contribution is -2.41. The molecular formula is C56H59N9O6S. The topological polar surface area (TPSA) is 175 Å². The van der Waals surface area contributed by atoms with Crippen molar-refractivity contribution in [2.45, 2.75) is 70.8 Å². The monoisotopic (exact) mass is 985 g/mol. The third kappa shape index (κ3) is 9.64. The standard InChI is InChI=1S/C56H59N9O6S/c1-34-39(40-15-17-49(58-52(40)55(69)70)65-29-23-37-7-5-9-41(44(37)33-65)53(67)60-56-57-45-10-3-4-12-48(45)72-56)8-6-11-47(34)71-30-24-35-19-25-63(26-20-35)32-36-21-27-64(28-22-36)38-13-14-42-46(31-38)62(2)61-51(42)43-16-18-50(66)59-54(43)68/h3-15,17,31,35-36,43H,16,18-30,32-33H2,1-2H3,(H,69,70)(H,57,60,67)(H,59,66,68). The molecule has 0 saturated carbocycles. The molecule has 3 saturated heterocycles. The number of nitrogens with one attached hydrogen (secondary N) is 2. The van der Waals surface area contributed by atoms with Gasteiger partial charge in [-0.1, -0.05) is 47.7 Å². The molecule has 1 unspecified atom stereocenters. The molecule has 0 aliphatic carbocycles. The Morgan fingerprint density at radius 3 is 2.44 bits per heavy atom. The number of rotatable bonds is 13. The predicted octanol–water partition coefficient (Wildman–Crippen LogP) is 8.98. The molecule has 4 aliphatic rings. The first-order valence-electron chi connectivity index (χ1n) is 25.3. The number of hydrogen-bond acceptors (Lipinski definition) is 12. The van der Waals surface area contributed by atoms with Gasteiger partial charge >= 0.3 is 5.97 Å². The fourth-order valence-corrected chi connectivity index (χ4v) is 12.2. The van der Waals surface area contributed by atoms with E-state index in [-0.39, 0.29) is 23.4 Å². The number of carboxylic acids is 1. The third-order valence-corrected chi connectivity index (χ3v) is 16.4. The summed E-state index contributed by atoms with van der Waals surface area (Å²) in [5.74, 6) is 0.332. The molecule has 72 heavy (non-hydrogen) atoms. The zero-order valence-corrected chi connectivity index (χ0v) is 41.5. The van der Waals surface area contributed by atoms with Crippen molar-refractivity contribution >= 4 is 72.8 Å². The number of amides is 3. The minimum atomic E-state index is -1.11. The molecule has 3 N–H and O–H groups in total. The number of hydrogen-bond donors (Lipinski definition) is 3. The van der Waals surface area contributed by atoms with Crippen LogP contribution in [0.15, 0.2) is 91.0 Å². The van der Waals surface area contributed by atoms with Gasteiger partial charge in [0.15, 0.2) is 10.8 Å². The lowest BCUT2D eigenvalue weighted by Gasteiger charge is -2.38. The molecule has 1 atom stereocenters. The molecule has 370 valence electrons. The zero-order chi connectivity index (χ0) is 49.5. The molecule has 4 aromatic carbocycles. The van der Waals surface area contributed by atoms with Crippen molar-refractivity contribution in [2.24, 2.45) is 18.9 Å². The number of imide groups is 1. The number of aromatic carboxylic acids is 1. The number of carbonyl (C=O) groups excluding carboxylic acids is 3. The van der Waals surface area contributed by atoms with E-state index in [1.165, 1.54) is 17.0 Å². The molecule has 3 fully saturated rings. The fraction of sp³-hybridized carbons (Fsp3) is 0.375. The molecular weight excluding hydrogens is 927 g/mol. The number of aryl methyl sites for hydroxylation is 1. The van der Waals surface area contributed by atoms with Gasteiger partial charge in [0, 0.05) is 68.4 Å². The van der Waals surface area contributed by atoms with Gasteiger partial charge in [-0.15, -0.1) is 0 Å². The number of para-hydroxylation sites is 1. The van der Waals surface area contributed by atoms with Crippen LogP contribution in [0, 0.1) is 18.8 Å². The number of pyridine rings is 1. The first kappa shape index (κ1) is 47.2. The van der Waals surface area contributed by atoms with Crippen molar-refractivity contribution in [3.05, 3.63) is 125 Å². The van der Waals surface area contributed by atoms with Crippen LogP contribution in [0.3, 0.4) is 0 Å². The number of aromatic nitrogens is 4. The highest BCUT2D eigenvalue weighted by atomic mass is 32.1. The molecule has 3 amide bonds. The largest absolute Gasteiger partial charge is 0.493 e. The Kier molecular flexibility index (Phi) is 13.2. The summed E-state index contributed by atoms with van der Waals surface area (Å²) >= 11 is 1.44. The van der Waals surface area contributed by atoms with Crippen LogP contribution in [0.4, 0.5) is 16.6 Å². The van der Waals surface area contributed by atoms with Crippen LogP contribution in [0.5, 0.6) is 5.75 Å². The highest BCUT2D eigenvalue weighted by Gasteiger charge is 2.33. The molecule has 11 rings (SSSR count). The quantitative estimate of drug-likeness (QED) is 0.0937. The predicted molar refractivity (Wildman–Crippen MR) is 280 cm³/mol. The molecule has 4 aliphatic heterocycles. The lowest BCUT2D eigenvalue weighted by atomic mass is 9.91. The van der Waals surface area contributed by atoms with Crippen molar-refractivity contribution in [2.75, 3.05) is 61.0 Å². The second kappa shape index (κ2) is 20.1. The second-order valence-electron chi connectivity index (χ2n) is 19.9. The van der Waals surface area contributed by atoms with Crippen molar-refractivity contribution < 1.29 is 29.0 Å². The molecule has 7 aromatic rings. The van der Waals surface area contributed by atoms with Gasteiger partial charge in [0.2, 0.25) is 11.8 Å². The maximum Gasteiger partial charge on any atom is 0.355 e. The Morgan fingerprint density at radius 2 is 1.64 bits per heavy atom. The molecule has 15 nitrogen and oxygen atoms in total. The van der Waals surface area contributed by atoms with E-state index >= 15 is 0 Å². The van der Waals surface area contributed by atoms with E-state index in [4.69, 9.17) is 14.8 Å². The fourth-order valence-electron chi connectivity index (χ4n) is 11.4. The Morgan fingerprint density at radius 1 is 0.833 bits per heavy atom. The molecule has 16 heteroatoms. The maximum atomic E-state index is 13.7. The van der Waals surface area contributed by atoms with Crippen molar-refractivity contribution in [1.82, 2.24) is 30.0 Å². The molecule has 0 radical (unpaired) electrons. The van der Waals surface area contributed by atoms with E-state index in [0.29, 0.717) is 72.9 Å². The van der Waals surface area contributed by atoms with Crippen LogP contribution < -0.4 is 25.2 Å². The van der Waals surface area contributed by atoms with E-state index in [1.807, 2.05) is 96.3 Å². The first-order chi connectivity index (χ1) is 35.0. The second-order valence-corrected chi connectivity index (χ2v) is 20.9. The van der Waals surface area contributed by atoms with Crippen LogP contribution in [0.1, 0.15) is 94.1 Å².